The number of carbonyl (C=O) groups excluding carboxylic acids is 3. The number of hydrogen-bond acceptors (Lipinski definition) is 6. The van der Waals surface area contributed by atoms with Crippen LogP contribution >= 0.6 is 15.9 Å². The first-order chi connectivity index (χ1) is 15.4. The second-order valence-corrected chi connectivity index (χ2v) is 7.55. The molecule has 0 unspecified atom stereocenters. The Bertz CT molecular complexity index is 981. The summed E-state index contributed by atoms with van der Waals surface area (Å²) in [6.45, 7) is 2.48. The maximum Gasteiger partial charge on any atom is 0.329 e. The van der Waals surface area contributed by atoms with Crippen LogP contribution in [0.3, 0.4) is 0 Å². The van der Waals surface area contributed by atoms with Gasteiger partial charge in [-0.15, -0.1) is 0 Å². The van der Waals surface area contributed by atoms with E-state index in [1.165, 1.54) is 6.21 Å². The highest BCUT2D eigenvalue weighted by atomic mass is 79.9. The molecule has 170 valence electrons. The quantitative estimate of drug-likeness (QED) is 0.198. The molecule has 0 bridgehead atoms. The SMILES string of the molecule is COCCCNC(=O)C(=O)N/N=C\c1cc(Br)ccc1OCC(=O)Nc1ccccc1C. The highest BCUT2D eigenvalue weighted by Crippen LogP contribution is 2.22. The summed E-state index contributed by atoms with van der Waals surface area (Å²) in [5.41, 5.74) is 4.31. The van der Waals surface area contributed by atoms with E-state index >= 15 is 0 Å². The number of halogens is 1. The van der Waals surface area contributed by atoms with Crippen LogP contribution in [0.5, 0.6) is 5.75 Å². The smallest absolute Gasteiger partial charge is 0.329 e. The molecule has 0 heterocycles. The van der Waals surface area contributed by atoms with Crippen molar-refractivity contribution >= 4 is 45.6 Å². The second-order valence-electron chi connectivity index (χ2n) is 6.64. The van der Waals surface area contributed by atoms with Crippen LogP contribution in [0.15, 0.2) is 52.0 Å². The number of anilines is 1. The molecule has 0 fully saturated rings. The average Bonchev–Trinajstić information content (AvgIpc) is 2.77. The number of methoxy groups -OCH3 is 1. The van der Waals surface area contributed by atoms with E-state index < -0.39 is 11.8 Å². The van der Waals surface area contributed by atoms with Crippen LogP contribution in [0.1, 0.15) is 17.5 Å². The Labute approximate surface area is 194 Å². The van der Waals surface area contributed by atoms with Crippen molar-refractivity contribution in [1.29, 1.82) is 0 Å². The minimum absolute atomic E-state index is 0.215. The molecule has 32 heavy (non-hydrogen) atoms. The van der Waals surface area contributed by atoms with Crippen LogP contribution in [-0.2, 0) is 19.1 Å². The summed E-state index contributed by atoms with van der Waals surface area (Å²) in [5.74, 6) is -1.62. The lowest BCUT2D eigenvalue weighted by molar-refractivity contribution is -0.139. The minimum Gasteiger partial charge on any atom is -0.483 e. The van der Waals surface area contributed by atoms with Gasteiger partial charge in [-0.1, -0.05) is 34.1 Å². The van der Waals surface area contributed by atoms with Crippen molar-refractivity contribution in [3.8, 4) is 5.75 Å². The van der Waals surface area contributed by atoms with Gasteiger partial charge in [-0.2, -0.15) is 5.10 Å². The predicted molar refractivity (Wildman–Crippen MR) is 125 cm³/mol. The zero-order valence-corrected chi connectivity index (χ0v) is 19.4. The van der Waals surface area contributed by atoms with Crippen molar-refractivity contribution in [2.45, 2.75) is 13.3 Å². The van der Waals surface area contributed by atoms with Gasteiger partial charge in [0.1, 0.15) is 5.75 Å². The highest BCUT2D eigenvalue weighted by Gasteiger charge is 2.12. The lowest BCUT2D eigenvalue weighted by Crippen LogP contribution is -2.38. The molecule has 10 heteroatoms. The fourth-order valence-electron chi connectivity index (χ4n) is 2.50. The van der Waals surface area contributed by atoms with Gasteiger partial charge in [0.2, 0.25) is 0 Å². The second kappa shape index (κ2) is 13.2. The molecule has 2 aromatic carbocycles. The van der Waals surface area contributed by atoms with Crippen LogP contribution in [0, 0.1) is 6.92 Å². The summed E-state index contributed by atoms with van der Waals surface area (Å²) in [6.07, 6.45) is 1.92. The number of nitrogens with zero attached hydrogens (tertiary/aromatic N) is 1. The van der Waals surface area contributed by atoms with E-state index in [0.717, 1.165) is 10.0 Å². The van der Waals surface area contributed by atoms with E-state index in [9.17, 15) is 14.4 Å². The van der Waals surface area contributed by atoms with E-state index in [2.05, 4.69) is 37.1 Å². The van der Waals surface area contributed by atoms with Crippen LogP contribution in [0.2, 0.25) is 0 Å². The van der Waals surface area contributed by atoms with E-state index in [0.29, 0.717) is 36.6 Å². The van der Waals surface area contributed by atoms with E-state index in [1.807, 2.05) is 25.1 Å². The molecule has 0 saturated heterocycles. The van der Waals surface area contributed by atoms with Crippen LogP contribution in [0.25, 0.3) is 0 Å². The fourth-order valence-corrected chi connectivity index (χ4v) is 2.88. The number of carbonyl (C=O) groups is 3. The Morgan fingerprint density at radius 3 is 2.66 bits per heavy atom. The van der Waals surface area contributed by atoms with Gasteiger partial charge >= 0.3 is 11.8 Å². The Hall–Kier alpha value is -3.24. The van der Waals surface area contributed by atoms with E-state index in [4.69, 9.17) is 9.47 Å². The molecule has 0 atom stereocenters. The van der Waals surface area contributed by atoms with Crippen molar-refractivity contribution in [2.24, 2.45) is 5.10 Å². The molecular weight excluding hydrogens is 480 g/mol. The lowest BCUT2D eigenvalue weighted by atomic mass is 10.2. The summed E-state index contributed by atoms with van der Waals surface area (Å²) in [5, 5.41) is 9.06. The molecule has 0 aliphatic rings. The minimum atomic E-state index is -0.895. The number of rotatable bonds is 10. The van der Waals surface area contributed by atoms with Crippen molar-refractivity contribution in [3.05, 3.63) is 58.1 Å². The molecule has 2 aromatic rings. The third-order valence-corrected chi connectivity index (χ3v) is 4.63. The summed E-state index contributed by atoms with van der Waals surface area (Å²) in [7, 11) is 1.56. The highest BCUT2D eigenvalue weighted by molar-refractivity contribution is 9.10. The number of hydrogen-bond donors (Lipinski definition) is 3. The van der Waals surface area contributed by atoms with Crippen molar-refractivity contribution in [1.82, 2.24) is 10.7 Å². The normalized spacial score (nSPS) is 10.6. The maximum absolute atomic E-state index is 12.2. The maximum atomic E-state index is 12.2. The average molecular weight is 505 g/mol. The number of nitrogens with one attached hydrogen (secondary N) is 3. The number of ether oxygens (including phenoxy) is 2. The Morgan fingerprint density at radius 2 is 1.91 bits per heavy atom. The lowest BCUT2D eigenvalue weighted by Gasteiger charge is -2.11. The molecule has 0 radical (unpaired) electrons. The van der Waals surface area contributed by atoms with Crippen molar-refractivity contribution in [2.75, 3.05) is 32.2 Å². The first-order valence-electron chi connectivity index (χ1n) is 9.78. The number of benzene rings is 2. The summed E-state index contributed by atoms with van der Waals surface area (Å²) in [4.78, 5) is 35.7. The largest absolute Gasteiger partial charge is 0.483 e. The molecule has 2 rings (SSSR count). The van der Waals surface area contributed by atoms with Gasteiger partial charge in [-0.25, -0.2) is 5.43 Å². The van der Waals surface area contributed by atoms with Gasteiger partial charge < -0.3 is 20.1 Å². The molecule has 0 aliphatic carbocycles. The molecule has 3 amide bonds. The first-order valence-corrected chi connectivity index (χ1v) is 10.6. The monoisotopic (exact) mass is 504 g/mol. The van der Waals surface area contributed by atoms with Gasteiger partial charge in [-0.3, -0.25) is 14.4 Å². The Morgan fingerprint density at radius 1 is 1.12 bits per heavy atom. The van der Waals surface area contributed by atoms with Crippen molar-refractivity contribution in [3.63, 3.8) is 0 Å². The van der Waals surface area contributed by atoms with E-state index in [1.54, 1.807) is 31.4 Å². The Kier molecular flexibility index (Phi) is 10.3. The van der Waals surface area contributed by atoms with Gasteiger partial charge in [0.15, 0.2) is 6.61 Å². The molecule has 3 N–H and O–H groups in total. The molecule has 0 aromatic heterocycles. The molecular formula is C22H25BrN4O5. The fraction of sp³-hybridized carbons (Fsp3) is 0.273. The van der Waals surface area contributed by atoms with Gasteiger partial charge in [0.25, 0.3) is 5.91 Å². The predicted octanol–water partition coefficient (Wildman–Crippen LogP) is 2.38. The summed E-state index contributed by atoms with van der Waals surface area (Å²) >= 11 is 3.36. The topological polar surface area (TPSA) is 118 Å². The first kappa shape index (κ1) is 25.0. The standard InChI is InChI=1S/C22H25BrN4O5/c1-15-6-3-4-7-18(15)26-20(28)14-32-19-9-8-17(23)12-16(19)13-25-27-22(30)21(29)24-10-5-11-31-2/h3-4,6-9,12-13H,5,10-11,14H2,1-2H3,(H,24,29)(H,26,28)(H,27,30)/b25-13-. The summed E-state index contributed by atoms with van der Waals surface area (Å²) < 4.78 is 11.2. The number of aryl methyl sites for hydroxylation is 1. The van der Waals surface area contributed by atoms with Crippen molar-refractivity contribution < 1.29 is 23.9 Å². The Balaban J connectivity index is 1.91. The van der Waals surface area contributed by atoms with Gasteiger partial charge in [-0.05, 0) is 43.2 Å². The third kappa shape index (κ3) is 8.48. The molecule has 0 aliphatic heterocycles. The van der Waals surface area contributed by atoms with Crippen LogP contribution in [0.4, 0.5) is 5.69 Å². The number of para-hydroxylation sites is 1. The van der Waals surface area contributed by atoms with Gasteiger partial charge in [0, 0.05) is 36.0 Å². The third-order valence-electron chi connectivity index (χ3n) is 4.14. The molecule has 0 saturated carbocycles. The van der Waals surface area contributed by atoms with Gasteiger partial charge in [0.05, 0.1) is 6.21 Å². The zero-order valence-electron chi connectivity index (χ0n) is 17.8. The molecule has 9 nitrogen and oxygen atoms in total. The number of amides is 3. The zero-order chi connectivity index (χ0) is 23.3. The van der Waals surface area contributed by atoms with E-state index in [-0.39, 0.29) is 12.5 Å². The summed E-state index contributed by atoms with van der Waals surface area (Å²) in [6, 6.07) is 12.5. The number of hydrazone groups is 1. The van der Waals surface area contributed by atoms with Crippen LogP contribution in [-0.4, -0.2) is 50.8 Å². The molecule has 0 spiro atoms. The van der Waals surface area contributed by atoms with Crippen LogP contribution < -0.4 is 20.8 Å².